The number of ether oxygens (including phenoxy) is 3. The lowest BCUT2D eigenvalue weighted by molar-refractivity contribution is 0.102. The molecule has 0 spiro atoms. The van der Waals surface area contributed by atoms with E-state index in [0.29, 0.717) is 35.2 Å². The maximum Gasteiger partial charge on any atom is 0.278 e. The summed E-state index contributed by atoms with van der Waals surface area (Å²) in [7, 11) is 5.34. The zero-order valence-corrected chi connectivity index (χ0v) is 24.8. The van der Waals surface area contributed by atoms with E-state index in [2.05, 4.69) is 59.3 Å². The van der Waals surface area contributed by atoms with Gasteiger partial charge >= 0.3 is 0 Å². The van der Waals surface area contributed by atoms with Gasteiger partial charge in [-0.2, -0.15) is 0 Å². The third-order valence-electron chi connectivity index (χ3n) is 7.24. The molecule has 0 unspecified atom stereocenters. The maximum absolute atomic E-state index is 13.4. The Balaban J connectivity index is 1.48. The molecular formula is C30H42N6O4. The minimum absolute atomic E-state index is 0.124. The van der Waals surface area contributed by atoms with Crippen LogP contribution < -0.4 is 19.5 Å². The van der Waals surface area contributed by atoms with Crippen molar-refractivity contribution in [3.63, 3.8) is 0 Å². The lowest BCUT2D eigenvalue weighted by Crippen LogP contribution is -2.44. The number of carbonyl (C=O) groups excluding carboxylic acids is 1. The highest BCUT2D eigenvalue weighted by Crippen LogP contribution is 2.31. The van der Waals surface area contributed by atoms with Crippen LogP contribution in [0, 0.1) is 6.92 Å². The molecule has 0 aliphatic carbocycles. The second-order valence-corrected chi connectivity index (χ2v) is 11.3. The SMILES string of the molecule is COc1ccc(OC)c(-n2nnc(C(=O)Nc3cc(OCCCN4CCN(C)CC4)cc(C(C)(C)C)c3)c2C)c1. The van der Waals surface area contributed by atoms with Gasteiger partial charge in [0.05, 0.1) is 26.5 Å². The molecule has 0 radical (unpaired) electrons. The fraction of sp³-hybridized carbons (Fsp3) is 0.500. The van der Waals surface area contributed by atoms with Crippen LogP contribution in [0.4, 0.5) is 5.69 Å². The van der Waals surface area contributed by atoms with Crippen molar-refractivity contribution in [3.05, 3.63) is 53.3 Å². The van der Waals surface area contributed by atoms with Gasteiger partial charge in [-0.05, 0) is 55.6 Å². The number of nitrogens with one attached hydrogen (secondary N) is 1. The van der Waals surface area contributed by atoms with Crippen LogP contribution in [0.1, 0.15) is 48.9 Å². The number of rotatable bonds is 10. The summed E-state index contributed by atoms with van der Waals surface area (Å²) in [6.07, 6.45) is 0.946. The first-order chi connectivity index (χ1) is 19.1. The van der Waals surface area contributed by atoms with Crippen molar-refractivity contribution in [2.45, 2.75) is 39.5 Å². The molecule has 1 N–H and O–H groups in total. The van der Waals surface area contributed by atoms with Gasteiger partial charge in [0.2, 0.25) is 0 Å². The Morgan fingerprint density at radius 3 is 2.42 bits per heavy atom. The molecule has 2 heterocycles. The van der Waals surface area contributed by atoms with E-state index >= 15 is 0 Å². The Morgan fingerprint density at radius 2 is 1.75 bits per heavy atom. The Bertz CT molecular complexity index is 1310. The monoisotopic (exact) mass is 550 g/mol. The second-order valence-electron chi connectivity index (χ2n) is 11.3. The molecule has 1 amide bonds. The van der Waals surface area contributed by atoms with Crippen LogP contribution in [-0.2, 0) is 5.41 Å². The summed E-state index contributed by atoms with van der Waals surface area (Å²) in [5.41, 5.74) is 3.03. The normalized spacial score (nSPS) is 14.7. The Hall–Kier alpha value is -3.63. The van der Waals surface area contributed by atoms with Crippen LogP contribution in [0.5, 0.6) is 17.2 Å². The molecule has 216 valence electrons. The largest absolute Gasteiger partial charge is 0.497 e. The van der Waals surface area contributed by atoms with E-state index in [4.69, 9.17) is 14.2 Å². The minimum Gasteiger partial charge on any atom is -0.497 e. The van der Waals surface area contributed by atoms with Crippen molar-refractivity contribution in [1.82, 2.24) is 24.8 Å². The predicted molar refractivity (Wildman–Crippen MR) is 156 cm³/mol. The molecule has 1 aliphatic heterocycles. The maximum atomic E-state index is 13.4. The summed E-state index contributed by atoms with van der Waals surface area (Å²) in [4.78, 5) is 18.2. The third-order valence-corrected chi connectivity index (χ3v) is 7.24. The quantitative estimate of drug-likeness (QED) is 0.376. The van der Waals surface area contributed by atoms with E-state index in [1.165, 1.54) is 0 Å². The second kappa shape index (κ2) is 12.7. The lowest BCUT2D eigenvalue weighted by atomic mass is 9.86. The van der Waals surface area contributed by atoms with Gasteiger partial charge in [0.15, 0.2) is 5.69 Å². The number of hydrogen-bond acceptors (Lipinski definition) is 8. The number of nitrogens with zero attached hydrogens (tertiary/aromatic N) is 5. The van der Waals surface area contributed by atoms with E-state index in [9.17, 15) is 4.79 Å². The van der Waals surface area contributed by atoms with Crippen molar-refractivity contribution in [2.24, 2.45) is 0 Å². The number of amides is 1. The van der Waals surface area contributed by atoms with E-state index < -0.39 is 0 Å². The number of hydrogen-bond donors (Lipinski definition) is 1. The van der Waals surface area contributed by atoms with Gasteiger partial charge in [-0.15, -0.1) is 5.10 Å². The van der Waals surface area contributed by atoms with Crippen LogP contribution in [0.3, 0.4) is 0 Å². The molecule has 0 saturated carbocycles. The molecule has 3 aromatic rings. The molecule has 0 atom stereocenters. The number of aromatic nitrogens is 3. The molecule has 1 aromatic heterocycles. The Morgan fingerprint density at radius 1 is 1.00 bits per heavy atom. The average Bonchev–Trinajstić information content (AvgIpc) is 3.32. The number of benzene rings is 2. The van der Waals surface area contributed by atoms with E-state index in [1.807, 2.05) is 12.1 Å². The Kier molecular flexibility index (Phi) is 9.32. The predicted octanol–water partition coefficient (Wildman–Crippen LogP) is 4.16. The number of likely N-dealkylation sites (N-methyl/N-ethyl adjacent to an activating group) is 1. The summed E-state index contributed by atoms with van der Waals surface area (Å²) in [6, 6.07) is 11.3. The number of methoxy groups -OCH3 is 2. The van der Waals surface area contributed by atoms with Crippen molar-refractivity contribution in [3.8, 4) is 22.9 Å². The molecular weight excluding hydrogens is 508 g/mol. The number of piperazine rings is 1. The summed E-state index contributed by atoms with van der Waals surface area (Å²) in [5.74, 6) is 1.63. The first-order valence-electron chi connectivity index (χ1n) is 13.7. The Labute approximate surface area is 237 Å². The standard InChI is InChI=1S/C30H42N6O4/c1-21-28(32-33-36(21)26-20-24(38-6)9-10-27(26)39-7)29(37)31-23-17-22(30(2,3)4)18-25(19-23)40-16-8-11-35-14-12-34(5)13-15-35/h9-10,17-20H,8,11-16H2,1-7H3,(H,31,37). The summed E-state index contributed by atoms with van der Waals surface area (Å²) in [6.45, 7) is 14.3. The third kappa shape index (κ3) is 7.11. The highest BCUT2D eigenvalue weighted by Gasteiger charge is 2.22. The van der Waals surface area contributed by atoms with E-state index in [0.717, 1.165) is 50.5 Å². The molecule has 1 fully saturated rings. The molecule has 40 heavy (non-hydrogen) atoms. The lowest BCUT2D eigenvalue weighted by Gasteiger charge is -2.32. The van der Waals surface area contributed by atoms with Gasteiger partial charge < -0.3 is 29.3 Å². The highest BCUT2D eigenvalue weighted by atomic mass is 16.5. The van der Waals surface area contributed by atoms with Crippen LogP contribution in [0.25, 0.3) is 5.69 Å². The van der Waals surface area contributed by atoms with E-state index in [1.54, 1.807) is 44.0 Å². The zero-order chi connectivity index (χ0) is 28.9. The van der Waals surface area contributed by atoms with E-state index in [-0.39, 0.29) is 17.0 Å². The molecule has 10 nitrogen and oxygen atoms in total. The van der Waals surface area contributed by atoms with Crippen LogP contribution >= 0.6 is 0 Å². The minimum atomic E-state index is -0.349. The van der Waals surface area contributed by atoms with Crippen LogP contribution in [0.15, 0.2) is 36.4 Å². The topological polar surface area (TPSA) is 94.0 Å². The molecule has 4 rings (SSSR count). The van der Waals surface area contributed by atoms with Crippen LogP contribution in [0.2, 0.25) is 0 Å². The fourth-order valence-corrected chi connectivity index (χ4v) is 4.66. The zero-order valence-electron chi connectivity index (χ0n) is 24.8. The average molecular weight is 551 g/mol. The van der Waals surface area contributed by atoms with Gasteiger partial charge in [0.1, 0.15) is 22.9 Å². The molecule has 1 saturated heterocycles. The van der Waals surface area contributed by atoms with Gasteiger partial charge in [-0.3, -0.25) is 4.79 Å². The van der Waals surface area contributed by atoms with Crippen molar-refractivity contribution >= 4 is 11.6 Å². The van der Waals surface area contributed by atoms with Crippen molar-refractivity contribution in [2.75, 3.05) is 65.9 Å². The molecule has 0 bridgehead atoms. The number of anilines is 1. The summed E-state index contributed by atoms with van der Waals surface area (Å²) in [5, 5.41) is 11.4. The summed E-state index contributed by atoms with van der Waals surface area (Å²) >= 11 is 0. The van der Waals surface area contributed by atoms with Gasteiger partial charge in [-0.25, -0.2) is 4.68 Å². The molecule has 2 aromatic carbocycles. The first kappa shape index (κ1) is 29.4. The van der Waals surface area contributed by atoms with Gasteiger partial charge in [-0.1, -0.05) is 26.0 Å². The molecule has 10 heteroatoms. The van der Waals surface area contributed by atoms with Gasteiger partial charge in [0.25, 0.3) is 5.91 Å². The van der Waals surface area contributed by atoms with Gasteiger partial charge in [0, 0.05) is 50.5 Å². The summed E-state index contributed by atoms with van der Waals surface area (Å²) < 4.78 is 18.6. The first-order valence-corrected chi connectivity index (χ1v) is 13.7. The number of carbonyl (C=O) groups is 1. The van der Waals surface area contributed by atoms with Crippen molar-refractivity contribution < 1.29 is 19.0 Å². The molecule has 1 aliphatic rings. The van der Waals surface area contributed by atoms with Crippen molar-refractivity contribution in [1.29, 1.82) is 0 Å². The fourth-order valence-electron chi connectivity index (χ4n) is 4.66. The highest BCUT2D eigenvalue weighted by molar-refractivity contribution is 6.03. The smallest absolute Gasteiger partial charge is 0.278 e. The van der Waals surface area contributed by atoms with Crippen LogP contribution in [-0.4, -0.2) is 91.3 Å².